The lowest BCUT2D eigenvalue weighted by atomic mass is 9.78. The normalized spacial score (nSPS) is 11.6. The molecule has 0 radical (unpaired) electrons. The average molecular weight is 254 g/mol. The summed E-state index contributed by atoms with van der Waals surface area (Å²) in [5.74, 6) is 0.0240. The molecule has 0 fully saturated rings. The van der Waals surface area contributed by atoms with E-state index in [4.69, 9.17) is 0 Å². The Hall–Kier alpha value is -0.660. The van der Waals surface area contributed by atoms with Crippen molar-refractivity contribution >= 4 is 11.6 Å². The van der Waals surface area contributed by atoms with Crippen LogP contribution in [-0.2, 0) is 9.59 Å². The van der Waals surface area contributed by atoms with E-state index in [1.165, 1.54) is 52.4 Å². The zero-order chi connectivity index (χ0) is 14.0. The van der Waals surface area contributed by atoms with Crippen LogP contribution in [0.1, 0.15) is 85.5 Å². The second-order valence-electron chi connectivity index (χ2n) is 5.67. The van der Waals surface area contributed by atoms with E-state index in [1.54, 1.807) is 6.92 Å². The predicted molar refractivity (Wildman–Crippen MR) is 76.7 cm³/mol. The lowest BCUT2D eigenvalue weighted by molar-refractivity contribution is -0.137. The van der Waals surface area contributed by atoms with Gasteiger partial charge in [0.1, 0.15) is 11.6 Å². The summed E-state index contributed by atoms with van der Waals surface area (Å²) in [6.45, 7) is 7.08. The number of carbonyl (C=O) groups excluding carboxylic acids is 2. The van der Waals surface area contributed by atoms with E-state index >= 15 is 0 Å². The first-order valence-electron chi connectivity index (χ1n) is 7.47. The fraction of sp³-hybridized carbons (Fsp3) is 0.875. The molecule has 0 aliphatic heterocycles. The second kappa shape index (κ2) is 9.29. The van der Waals surface area contributed by atoms with Crippen LogP contribution < -0.4 is 0 Å². The Balaban J connectivity index is 3.70. The molecule has 0 spiro atoms. The quantitative estimate of drug-likeness (QED) is 0.395. The molecule has 0 atom stereocenters. The SMILES string of the molecule is CCCCCCCCCCC(C)(C(C)=O)C(C)=O. The molecule has 0 bridgehead atoms. The third-order valence-corrected chi connectivity index (χ3v) is 4.08. The van der Waals surface area contributed by atoms with Crippen molar-refractivity contribution in [1.82, 2.24) is 0 Å². The molecule has 0 N–H and O–H groups in total. The van der Waals surface area contributed by atoms with Gasteiger partial charge in [-0.3, -0.25) is 9.59 Å². The molecule has 0 saturated heterocycles. The van der Waals surface area contributed by atoms with E-state index in [1.807, 2.05) is 0 Å². The van der Waals surface area contributed by atoms with Crippen LogP contribution in [0, 0.1) is 5.41 Å². The van der Waals surface area contributed by atoms with Crippen molar-refractivity contribution in [3.63, 3.8) is 0 Å². The molecule has 0 amide bonds. The van der Waals surface area contributed by atoms with E-state index in [0.29, 0.717) is 6.42 Å². The average Bonchev–Trinajstić information content (AvgIpc) is 2.31. The Kier molecular flexibility index (Phi) is 8.95. The first-order valence-corrected chi connectivity index (χ1v) is 7.47. The molecule has 18 heavy (non-hydrogen) atoms. The largest absolute Gasteiger partial charge is 0.299 e. The minimum Gasteiger partial charge on any atom is -0.299 e. The maximum absolute atomic E-state index is 11.5. The second-order valence-corrected chi connectivity index (χ2v) is 5.67. The molecule has 0 aliphatic carbocycles. The van der Waals surface area contributed by atoms with E-state index < -0.39 is 5.41 Å². The van der Waals surface area contributed by atoms with Gasteiger partial charge in [0.15, 0.2) is 0 Å². The third kappa shape index (κ3) is 6.32. The smallest absolute Gasteiger partial charge is 0.143 e. The molecule has 2 heteroatoms. The van der Waals surface area contributed by atoms with Gasteiger partial charge >= 0.3 is 0 Å². The van der Waals surface area contributed by atoms with Crippen LogP contribution in [0.25, 0.3) is 0 Å². The highest BCUT2D eigenvalue weighted by Gasteiger charge is 2.34. The molecule has 2 nitrogen and oxygen atoms in total. The van der Waals surface area contributed by atoms with Gasteiger partial charge in [0, 0.05) is 0 Å². The van der Waals surface area contributed by atoms with Crippen molar-refractivity contribution in [3.05, 3.63) is 0 Å². The molecular formula is C16H30O2. The van der Waals surface area contributed by atoms with Gasteiger partial charge in [-0.15, -0.1) is 0 Å². The Morgan fingerprint density at radius 1 is 0.778 bits per heavy atom. The number of rotatable bonds is 11. The Morgan fingerprint density at radius 3 is 1.56 bits per heavy atom. The Morgan fingerprint density at radius 2 is 1.17 bits per heavy atom. The lowest BCUT2D eigenvalue weighted by Crippen LogP contribution is -2.33. The molecule has 0 aromatic rings. The van der Waals surface area contributed by atoms with Crippen molar-refractivity contribution in [2.45, 2.75) is 85.5 Å². The highest BCUT2D eigenvalue weighted by Crippen LogP contribution is 2.27. The Bertz CT molecular complexity index is 242. The molecule has 0 heterocycles. The minimum atomic E-state index is -0.734. The maximum Gasteiger partial charge on any atom is 0.143 e. The summed E-state index contributed by atoms with van der Waals surface area (Å²) >= 11 is 0. The fourth-order valence-corrected chi connectivity index (χ4v) is 2.21. The van der Waals surface area contributed by atoms with Gasteiger partial charge in [-0.05, 0) is 27.2 Å². The third-order valence-electron chi connectivity index (χ3n) is 4.08. The van der Waals surface area contributed by atoms with Crippen molar-refractivity contribution < 1.29 is 9.59 Å². The summed E-state index contributed by atoms with van der Waals surface area (Å²) in [6.07, 6.45) is 10.7. The Labute approximate surface area is 113 Å². The number of unbranched alkanes of at least 4 members (excludes halogenated alkanes) is 7. The fourth-order valence-electron chi connectivity index (χ4n) is 2.21. The number of hydrogen-bond donors (Lipinski definition) is 0. The molecule has 0 aliphatic rings. The van der Waals surface area contributed by atoms with Gasteiger partial charge in [-0.2, -0.15) is 0 Å². The van der Waals surface area contributed by atoms with Crippen molar-refractivity contribution in [1.29, 1.82) is 0 Å². The van der Waals surface area contributed by atoms with Crippen LogP contribution in [0.15, 0.2) is 0 Å². The molecule has 0 rings (SSSR count). The summed E-state index contributed by atoms with van der Waals surface area (Å²) in [7, 11) is 0. The van der Waals surface area contributed by atoms with E-state index in [2.05, 4.69) is 6.92 Å². The van der Waals surface area contributed by atoms with Crippen LogP contribution in [0.2, 0.25) is 0 Å². The molecule has 0 unspecified atom stereocenters. The van der Waals surface area contributed by atoms with Crippen LogP contribution in [0.5, 0.6) is 0 Å². The van der Waals surface area contributed by atoms with Gasteiger partial charge in [0.25, 0.3) is 0 Å². The zero-order valence-electron chi connectivity index (χ0n) is 12.7. The predicted octanol–water partition coefficient (Wildman–Crippen LogP) is 4.70. The summed E-state index contributed by atoms with van der Waals surface area (Å²) in [5.41, 5.74) is -0.734. The van der Waals surface area contributed by atoms with Crippen molar-refractivity contribution in [3.8, 4) is 0 Å². The summed E-state index contributed by atoms with van der Waals surface area (Å²) in [6, 6.07) is 0. The first kappa shape index (κ1) is 17.3. The van der Waals surface area contributed by atoms with E-state index in [0.717, 1.165) is 12.8 Å². The molecule has 0 aromatic carbocycles. The number of hydrogen-bond acceptors (Lipinski definition) is 2. The topological polar surface area (TPSA) is 34.1 Å². The van der Waals surface area contributed by atoms with Crippen LogP contribution >= 0.6 is 0 Å². The molecular weight excluding hydrogens is 224 g/mol. The summed E-state index contributed by atoms with van der Waals surface area (Å²) < 4.78 is 0. The molecule has 0 aromatic heterocycles. The number of ketones is 2. The minimum absolute atomic E-state index is 0.0120. The van der Waals surface area contributed by atoms with Crippen LogP contribution in [-0.4, -0.2) is 11.6 Å². The lowest BCUT2D eigenvalue weighted by Gasteiger charge is -2.23. The van der Waals surface area contributed by atoms with Crippen LogP contribution in [0.4, 0.5) is 0 Å². The number of Topliss-reactive ketones (excluding diaryl/α,β-unsaturated/α-hetero) is 2. The summed E-state index contributed by atoms with van der Waals surface area (Å²) in [4.78, 5) is 23.0. The highest BCUT2D eigenvalue weighted by molar-refractivity contribution is 6.04. The van der Waals surface area contributed by atoms with Gasteiger partial charge < -0.3 is 0 Å². The van der Waals surface area contributed by atoms with Gasteiger partial charge in [-0.1, -0.05) is 58.3 Å². The van der Waals surface area contributed by atoms with Gasteiger partial charge in [-0.25, -0.2) is 0 Å². The van der Waals surface area contributed by atoms with E-state index in [9.17, 15) is 9.59 Å². The zero-order valence-corrected chi connectivity index (χ0v) is 12.7. The number of carbonyl (C=O) groups is 2. The van der Waals surface area contributed by atoms with Gasteiger partial charge in [0.2, 0.25) is 0 Å². The monoisotopic (exact) mass is 254 g/mol. The van der Waals surface area contributed by atoms with Crippen molar-refractivity contribution in [2.75, 3.05) is 0 Å². The standard InChI is InChI=1S/C16H30O2/c1-5-6-7-8-9-10-11-12-13-16(4,14(2)17)15(3)18/h5-13H2,1-4H3. The highest BCUT2D eigenvalue weighted by atomic mass is 16.2. The summed E-state index contributed by atoms with van der Waals surface area (Å²) in [5, 5.41) is 0. The van der Waals surface area contributed by atoms with Crippen molar-refractivity contribution in [2.24, 2.45) is 5.41 Å². The van der Waals surface area contributed by atoms with Crippen LogP contribution in [0.3, 0.4) is 0 Å². The maximum atomic E-state index is 11.5. The molecule has 0 saturated carbocycles. The molecule has 106 valence electrons. The van der Waals surface area contributed by atoms with E-state index in [-0.39, 0.29) is 11.6 Å². The first-order chi connectivity index (χ1) is 8.45. The van der Waals surface area contributed by atoms with Gasteiger partial charge in [0.05, 0.1) is 5.41 Å².